The van der Waals surface area contributed by atoms with Gasteiger partial charge in [-0.2, -0.15) is 0 Å². The van der Waals surface area contributed by atoms with Gasteiger partial charge in [0.2, 0.25) is 0 Å². The molecule has 0 spiro atoms. The highest BCUT2D eigenvalue weighted by Gasteiger charge is 2.22. The third-order valence-electron chi connectivity index (χ3n) is 3.96. The number of rotatable bonds is 5. The Bertz CT molecular complexity index is 172. The topological polar surface area (TPSA) is 3.24 Å². The third-order valence-corrected chi connectivity index (χ3v) is 4.42. The van der Waals surface area contributed by atoms with Gasteiger partial charge in [-0.25, -0.2) is 0 Å². The minimum atomic E-state index is 0.874. The van der Waals surface area contributed by atoms with E-state index in [4.69, 9.17) is 0 Å². The zero-order valence-electron chi connectivity index (χ0n) is 10.5. The van der Waals surface area contributed by atoms with Crippen molar-refractivity contribution in [1.29, 1.82) is 0 Å². The summed E-state index contributed by atoms with van der Waals surface area (Å²) in [7, 11) is 0. The first-order valence-electron chi connectivity index (χ1n) is 6.41. The molecule has 0 aromatic rings. The second-order valence-corrected chi connectivity index (χ2v) is 6.21. The van der Waals surface area contributed by atoms with E-state index >= 15 is 0 Å². The highest BCUT2D eigenvalue weighted by atomic mass is 79.9. The highest BCUT2D eigenvalue weighted by molar-refractivity contribution is 9.09. The molecule has 1 heterocycles. The van der Waals surface area contributed by atoms with Crippen molar-refractivity contribution in [2.75, 3.05) is 25.0 Å². The molecule has 15 heavy (non-hydrogen) atoms. The number of hydrogen-bond donors (Lipinski definition) is 0. The van der Waals surface area contributed by atoms with Gasteiger partial charge in [-0.05, 0) is 50.1 Å². The molecule has 90 valence electrons. The molecule has 0 aromatic carbocycles. The minimum absolute atomic E-state index is 0.874. The standard InChI is InChI=1S/C13H26BrN/c1-11(4-7-14)5-8-15-9-6-12(2)13(3)10-15/h11-13H,4-10H2,1-3H3. The molecule has 2 heteroatoms. The Kier molecular flexibility index (Phi) is 6.21. The van der Waals surface area contributed by atoms with Crippen molar-refractivity contribution in [3.63, 3.8) is 0 Å². The Morgan fingerprint density at radius 2 is 2.00 bits per heavy atom. The normalized spacial score (nSPS) is 30.4. The Hall–Kier alpha value is 0.440. The lowest BCUT2D eigenvalue weighted by Crippen LogP contribution is -2.39. The molecule has 0 aliphatic carbocycles. The van der Waals surface area contributed by atoms with E-state index in [0.29, 0.717) is 0 Å². The predicted molar refractivity (Wildman–Crippen MR) is 71.6 cm³/mol. The molecule has 0 radical (unpaired) electrons. The van der Waals surface area contributed by atoms with Crippen LogP contribution in [0.5, 0.6) is 0 Å². The van der Waals surface area contributed by atoms with Crippen LogP contribution in [0, 0.1) is 17.8 Å². The van der Waals surface area contributed by atoms with Gasteiger partial charge in [0.25, 0.3) is 0 Å². The van der Waals surface area contributed by atoms with Gasteiger partial charge >= 0.3 is 0 Å². The van der Waals surface area contributed by atoms with Crippen LogP contribution in [0.1, 0.15) is 40.0 Å². The number of likely N-dealkylation sites (tertiary alicyclic amines) is 1. The Morgan fingerprint density at radius 1 is 1.27 bits per heavy atom. The molecular formula is C13H26BrN. The SMILES string of the molecule is CC(CCBr)CCN1CCC(C)C(C)C1. The van der Waals surface area contributed by atoms with Crippen LogP contribution >= 0.6 is 15.9 Å². The van der Waals surface area contributed by atoms with E-state index < -0.39 is 0 Å². The van der Waals surface area contributed by atoms with Gasteiger partial charge in [0.05, 0.1) is 0 Å². The lowest BCUT2D eigenvalue weighted by atomic mass is 9.88. The average molecular weight is 276 g/mol. The van der Waals surface area contributed by atoms with Crippen molar-refractivity contribution in [1.82, 2.24) is 4.90 Å². The molecule has 1 rings (SSSR count). The van der Waals surface area contributed by atoms with Gasteiger partial charge in [-0.15, -0.1) is 0 Å². The van der Waals surface area contributed by atoms with E-state index in [9.17, 15) is 0 Å². The number of alkyl halides is 1. The molecule has 0 amide bonds. The van der Waals surface area contributed by atoms with Gasteiger partial charge in [-0.1, -0.05) is 36.7 Å². The first kappa shape index (κ1) is 13.5. The zero-order valence-corrected chi connectivity index (χ0v) is 12.1. The molecular weight excluding hydrogens is 250 g/mol. The second kappa shape index (κ2) is 6.90. The van der Waals surface area contributed by atoms with Crippen LogP contribution < -0.4 is 0 Å². The lowest BCUT2D eigenvalue weighted by Gasteiger charge is -2.35. The summed E-state index contributed by atoms with van der Waals surface area (Å²) in [6.07, 6.45) is 4.08. The van der Waals surface area contributed by atoms with Crippen LogP contribution in [0.4, 0.5) is 0 Å². The molecule has 1 aliphatic heterocycles. The largest absolute Gasteiger partial charge is 0.303 e. The Balaban J connectivity index is 2.16. The van der Waals surface area contributed by atoms with Gasteiger partial charge < -0.3 is 4.90 Å². The number of halogens is 1. The van der Waals surface area contributed by atoms with E-state index in [1.165, 1.54) is 38.9 Å². The maximum atomic E-state index is 3.52. The Morgan fingerprint density at radius 3 is 2.60 bits per heavy atom. The summed E-state index contributed by atoms with van der Waals surface area (Å²) < 4.78 is 0. The highest BCUT2D eigenvalue weighted by Crippen LogP contribution is 2.23. The van der Waals surface area contributed by atoms with Gasteiger partial charge in [0.1, 0.15) is 0 Å². The zero-order chi connectivity index (χ0) is 11.3. The fourth-order valence-electron chi connectivity index (χ4n) is 2.29. The van der Waals surface area contributed by atoms with Crippen molar-refractivity contribution < 1.29 is 0 Å². The van der Waals surface area contributed by atoms with Gasteiger partial charge in [0, 0.05) is 11.9 Å². The van der Waals surface area contributed by atoms with Crippen LogP contribution in [0.2, 0.25) is 0 Å². The molecule has 0 bridgehead atoms. The molecule has 0 aromatic heterocycles. The first-order chi connectivity index (χ1) is 7.13. The number of hydrogen-bond acceptors (Lipinski definition) is 1. The van der Waals surface area contributed by atoms with Crippen molar-refractivity contribution in [2.45, 2.75) is 40.0 Å². The molecule has 1 saturated heterocycles. The summed E-state index contributed by atoms with van der Waals surface area (Å²) in [4.78, 5) is 2.66. The average Bonchev–Trinajstić information content (AvgIpc) is 2.20. The van der Waals surface area contributed by atoms with Crippen molar-refractivity contribution in [3.8, 4) is 0 Å². The van der Waals surface area contributed by atoms with E-state index in [0.717, 1.165) is 23.1 Å². The molecule has 1 nitrogen and oxygen atoms in total. The molecule has 3 atom stereocenters. The van der Waals surface area contributed by atoms with Crippen molar-refractivity contribution in [3.05, 3.63) is 0 Å². The van der Waals surface area contributed by atoms with E-state index in [1.54, 1.807) is 0 Å². The third kappa shape index (κ3) is 4.86. The fourth-order valence-corrected chi connectivity index (χ4v) is 3.07. The minimum Gasteiger partial charge on any atom is -0.303 e. The summed E-state index contributed by atoms with van der Waals surface area (Å²) in [5.41, 5.74) is 0. The molecule has 0 N–H and O–H groups in total. The van der Waals surface area contributed by atoms with Gasteiger partial charge in [-0.3, -0.25) is 0 Å². The summed E-state index contributed by atoms with van der Waals surface area (Å²) in [6, 6.07) is 0. The van der Waals surface area contributed by atoms with Gasteiger partial charge in [0.15, 0.2) is 0 Å². The summed E-state index contributed by atoms with van der Waals surface area (Å²) in [6.45, 7) is 11.1. The quantitative estimate of drug-likeness (QED) is 0.691. The van der Waals surface area contributed by atoms with Crippen LogP contribution in [0.3, 0.4) is 0 Å². The maximum absolute atomic E-state index is 3.52. The number of piperidine rings is 1. The van der Waals surface area contributed by atoms with Crippen LogP contribution in [-0.4, -0.2) is 29.9 Å². The summed E-state index contributed by atoms with van der Waals surface area (Å²) in [5.74, 6) is 2.70. The lowest BCUT2D eigenvalue weighted by molar-refractivity contribution is 0.132. The van der Waals surface area contributed by atoms with Crippen molar-refractivity contribution in [2.24, 2.45) is 17.8 Å². The predicted octanol–water partition coefficient (Wildman–Crippen LogP) is 3.78. The van der Waals surface area contributed by atoms with Crippen LogP contribution in [0.25, 0.3) is 0 Å². The monoisotopic (exact) mass is 275 g/mol. The van der Waals surface area contributed by atoms with Crippen LogP contribution in [-0.2, 0) is 0 Å². The van der Waals surface area contributed by atoms with E-state index in [1.807, 2.05) is 0 Å². The molecule has 0 saturated carbocycles. The maximum Gasteiger partial charge on any atom is 0.00338 e. The van der Waals surface area contributed by atoms with Crippen molar-refractivity contribution >= 4 is 15.9 Å². The van der Waals surface area contributed by atoms with E-state index in [2.05, 4.69) is 41.6 Å². The van der Waals surface area contributed by atoms with E-state index in [-0.39, 0.29) is 0 Å². The molecule has 1 fully saturated rings. The van der Waals surface area contributed by atoms with Crippen LogP contribution in [0.15, 0.2) is 0 Å². The summed E-state index contributed by atoms with van der Waals surface area (Å²) in [5, 5.41) is 1.15. The Labute approximate surface area is 104 Å². The molecule has 3 unspecified atom stereocenters. The smallest absolute Gasteiger partial charge is 0.00338 e. The number of nitrogens with zero attached hydrogens (tertiary/aromatic N) is 1. The second-order valence-electron chi connectivity index (χ2n) is 5.42. The first-order valence-corrected chi connectivity index (χ1v) is 7.54. The fraction of sp³-hybridized carbons (Fsp3) is 1.00. The summed E-state index contributed by atoms with van der Waals surface area (Å²) >= 11 is 3.52. The molecule has 1 aliphatic rings.